The van der Waals surface area contributed by atoms with Crippen molar-refractivity contribution in [2.45, 2.75) is 58.7 Å². The summed E-state index contributed by atoms with van der Waals surface area (Å²) < 4.78 is 23.0. The number of nitrogens with one attached hydrogen (secondary N) is 1. The van der Waals surface area contributed by atoms with Crippen LogP contribution in [0.2, 0.25) is 0 Å². The van der Waals surface area contributed by atoms with Crippen molar-refractivity contribution in [2.24, 2.45) is 7.05 Å². The Kier molecular flexibility index (Phi) is 7.23. The number of carbonyl (C=O) groups excluding carboxylic acids is 1. The van der Waals surface area contributed by atoms with Crippen LogP contribution in [0.25, 0.3) is 21.9 Å². The summed E-state index contributed by atoms with van der Waals surface area (Å²) in [5.74, 6) is -0.985. The van der Waals surface area contributed by atoms with Crippen molar-refractivity contribution in [3.63, 3.8) is 0 Å². The van der Waals surface area contributed by atoms with Gasteiger partial charge in [0.25, 0.3) is 5.56 Å². The van der Waals surface area contributed by atoms with Gasteiger partial charge in [0.2, 0.25) is 5.95 Å². The minimum atomic E-state index is -1.09. The van der Waals surface area contributed by atoms with Crippen molar-refractivity contribution in [1.29, 1.82) is 0 Å². The molecule has 41 heavy (non-hydrogen) atoms. The minimum Gasteiger partial charge on any atom is -0.478 e. The van der Waals surface area contributed by atoms with Gasteiger partial charge in [0.05, 0.1) is 17.6 Å². The number of hydrogen-bond acceptors (Lipinski definition) is 6. The van der Waals surface area contributed by atoms with Gasteiger partial charge in [0.1, 0.15) is 22.5 Å². The van der Waals surface area contributed by atoms with Crippen molar-refractivity contribution in [3.05, 3.63) is 69.3 Å². The van der Waals surface area contributed by atoms with Crippen molar-refractivity contribution >= 4 is 39.9 Å². The predicted octanol–water partition coefficient (Wildman–Crippen LogP) is 4.58. The number of ether oxygens (including phenoxy) is 1. The summed E-state index contributed by atoms with van der Waals surface area (Å²) in [6, 6.07) is 8.90. The zero-order valence-corrected chi connectivity index (χ0v) is 23.8. The molecule has 216 valence electrons. The quantitative estimate of drug-likeness (QED) is 0.365. The summed E-state index contributed by atoms with van der Waals surface area (Å²) in [7, 11) is 1.64. The van der Waals surface area contributed by atoms with E-state index in [-0.39, 0.29) is 29.5 Å². The fraction of sp³-hybridized carbons (Fsp3) is 0.400. The molecule has 2 aromatic carbocycles. The molecule has 2 N–H and O–H groups in total. The third kappa shape index (κ3) is 5.61. The number of aromatic nitrogens is 3. The molecule has 0 aliphatic carbocycles. The van der Waals surface area contributed by atoms with E-state index in [9.17, 15) is 23.9 Å². The summed E-state index contributed by atoms with van der Waals surface area (Å²) in [4.78, 5) is 45.0. The van der Waals surface area contributed by atoms with E-state index in [0.29, 0.717) is 46.5 Å². The fourth-order valence-corrected chi connectivity index (χ4v) is 5.39. The summed E-state index contributed by atoms with van der Waals surface area (Å²) in [5, 5.41) is 13.1. The molecule has 1 fully saturated rings. The fourth-order valence-electron chi connectivity index (χ4n) is 5.39. The number of fused-ring (bicyclic) bond motifs is 3. The Labute approximate surface area is 236 Å². The molecular formula is C30H34FN5O5. The van der Waals surface area contributed by atoms with Gasteiger partial charge in [-0.05, 0) is 82.0 Å². The Balaban J connectivity index is 1.67. The monoisotopic (exact) mass is 563 g/mol. The number of anilines is 1. The van der Waals surface area contributed by atoms with Crippen LogP contribution in [-0.2, 0) is 18.3 Å². The van der Waals surface area contributed by atoms with Crippen molar-refractivity contribution < 1.29 is 23.8 Å². The second-order valence-electron chi connectivity index (χ2n) is 11.6. The number of pyridine rings is 1. The summed E-state index contributed by atoms with van der Waals surface area (Å²) in [6.45, 7) is 8.50. The van der Waals surface area contributed by atoms with Gasteiger partial charge in [-0.25, -0.2) is 19.0 Å². The molecule has 2 aromatic heterocycles. The molecule has 1 aliphatic rings. The molecule has 0 unspecified atom stereocenters. The predicted molar refractivity (Wildman–Crippen MR) is 154 cm³/mol. The number of carboxylic acid groups (broad SMARTS) is 1. The number of piperidine rings is 1. The highest BCUT2D eigenvalue weighted by molar-refractivity contribution is 6.06. The molecule has 1 amide bonds. The average Bonchev–Trinajstić information content (AvgIpc) is 3.27. The van der Waals surface area contributed by atoms with E-state index in [4.69, 9.17) is 9.72 Å². The molecule has 1 aliphatic heterocycles. The highest BCUT2D eigenvalue weighted by Crippen LogP contribution is 2.30. The normalized spacial score (nSPS) is 15.9. The molecule has 5 rings (SSSR count). The van der Waals surface area contributed by atoms with Gasteiger partial charge >= 0.3 is 12.1 Å². The number of hydrogen-bond donors (Lipinski definition) is 2. The number of imidazole rings is 1. The number of benzene rings is 2. The van der Waals surface area contributed by atoms with E-state index in [1.54, 1.807) is 44.5 Å². The second kappa shape index (κ2) is 10.5. The molecule has 0 radical (unpaired) electrons. The van der Waals surface area contributed by atoms with Gasteiger partial charge in [-0.3, -0.25) is 4.79 Å². The van der Waals surface area contributed by atoms with Gasteiger partial charge in [-0.2, -0.15) is 0 Å². The van der Waals surface area contributed by atoms with Gasteiger partial charge in [0, 0.05) is 31.6 Å². The second-order valence-corrected chi connectivity index (χ2v) is 11.6. The number of alkyl carbamates (subject to hydrolysis) is 1. The van der Waals surface area contributed by atoms with Crippen LogP contribution < -0.4 is 15.8 Å². The number of carboxylic acids is 1. The Morgan fingerprint density at radius 1 is 1.20 bits per heavy atom. The molecule has 11 heteroatoms. The summed E-state index contributed by atoms with van der Waals surface area (Å²) in [6.07, 6.45) is 0.991. The molecule has 1 saturated heterocycles. The molecule has 3 heterocycles. The van der Waals surface area contributed by atoms with Gasteiger partial charge in [-0.15, -0.1) is 0 Å². The van der Waals surface area contributed by atoms with E-state index in [2.05, 4.69) is 5.32 Å². The van der Waals surface area contributed by atoms with Crippen LogP contribution in [0.4, 0.5) is 15.1 Å². The lowest BCUT2D eigenvalue weighted by atomic mass is 10.1. The van der Waals surface area contributed by atoms with E-state index in [1.165, 1.54) is 28.8 Å². The van der Waals surface area contributed by atoms with Crippen LogP contribution in [0, 0.1) is 12.7 Å². The van der Waals surface area contributed by atoms with Crippen LogP contribution >= 0.6 is 0 Å². The first-order valence-corrected chi connectivity index (χ1v) is 13.6. The molecule has 0 saturated carbocycles. The Bertz CT molecular complexity index is 1740. The highest BCUT2D eigenvalue weighted by atomic mass is 19.1. The topological polar surface area (TPSA) is 119 Å². The van der Waals surface area contributed by atoms with E-state index < -0.39 is 17.7 Å². The maximum absolute atomic E-state index is 14.3. The maximum atomic E-state index is 14.3. The van der Waals surface area contributed by atoms with E-state index in [1.807, 2.05) is 11.8 Å². The lowest BCUT2D eigenvalue weighted by Crippen LogP contribution is -2.49. The van der Waals surface area contributed by atoms with Crippen LogP contribution in [-0.4, -0.2) is 56.0 Å². The lowest BCUT2D eigenvalue weighted by Gasteiger charge is -2.34. The zero-order chi connectivity index (χ0) is 29.6. The number of amides is 1. The van der Waals surface area contributed by atoms with Crippen LogP contribution in [0.15, 0.2) is 41.2 Å². The number of aromatic carboxylic acids is 1. The third-order valence-electron chi connectivity index (χ3n) is 7.38. The molecular weight excluding hydrogens is 529 g/mol. The average molecular weight is 564 g/mol. The number of nitrogens with zero attached hydrogens (tertiary/aromatic N) is 4. The van der Waals surface area contributed by atoms with E-state index in [0.717, 1.165) is 18.4 Å². The first kappa shape index (κ1) is 28.1. The SMILES string of the molecule is Cc1ccc(F)cc1Cn1c(N2CCC[C@@H](NC(=O)OC(C)(C)C)C2)nc2c3cc(C(=O)O)ccc3n(C)c(=O)c21. The molecule has 0 bridgehead atoms. The zero-order valence-electron chi connectivity index (χ0n) is 23.8. The number of halogens is 1. The minimum absolute atomic E-state index is 0.0779. The Morgan fingerprint density at radius 2 is 1.95 bits per heavy atom. The first-order chi connectivity index (χ1) is 19.3. The maximum Gasteiger partial charge on any atom is 0.407 e. The van der Waals surface area contributed by atoms with Crippen LogP contribution in [0.3, 0.4) is 0 Å². The molecule has 4 aromatic rings. The summed E-state index contributed by atoms with van der Waals surface area (Å²) in [5.41, 5.74) is 1.90. The van der Waals surface area contributed by atoms with Crippen molar-refractivity contribution in [3.8, 4) is 0 Å². The van der Waals surface area contributed by atoms with Crippen molar-refractivity contribution in [2.75, 3.05) is 18.0 Å². The standard InChI is InChI=1S/C30H34FN5O5/c1-17-8-10-20(31)13-19(17)15-36-25-24(22-14-18(27(38)39)9-11-23(22)34(5)26(25)37)33-28(36)35-12-6-7-21(16-35)32-29(40)41-30(2,3)4/h8-11,13-14,21H,6-7,12,15-16H2,1-5H3,(H,32,40)(H,38,39)/t21-/m1/s1. The number of rotatable bonds is 5. The van der Waals surface area contributed by atoms with Gasteiger partial charge < -0.3 is 29.2 Å². The Hall–Kier alpha value is -4.41. The van der Waals surface area contributed by atoms with Crippen LogP contribution in [0.5, 0.6) is 0 Å². The van der Waals surface area contributed by atoms with Gasteiger partial charge in [0.15, 0.2) is 0 Å². The number of carbonyl (C=O) groups is 2. The van der Waals surface area contributed by atoms with Crippen LogP contribution in [0.1, 0.15) is 55.1 Å². The molecule has 10 nitrogen and oxygen atoms in total. The largest absolute Gasteiger partial charge is 0.478 e. The Morgan fingerprint density at radius 3 is 2.66 bits per heavy atom. The number of aryl methyl sites for hydroxylation is 2. The smallest absolute Gasteiger partial charge is 0.407 e. The first-order valence-electron chi connectivity index (χ1n) is 13.6. The summed E-state index contributed by atoms with van der Waals surface area (Å²) >= 11 is 0. The molecule has 0 spiro atoms. The highest BCUT2D eigenvalue weighted by Gasteiger charge is 2.29. The van der Waals surface area contributed by atoms with Crippen molar-refractivity contribution in [1.82, 2.24) is 19.4 Å². The van der Waals surface area contributed by atoms with Gasteiger partial charge in [-0.1, -0.05) is 6.07 Å². The molecule has 1 atom stereocenters. The lowest BCUT2D eigenvalue weighted by molar-refractivity contribution is 0.0499. The third-order valence-corrected chi connectivity index (χ3v) is 7.38. The van der Waals surface area contributed by atoms with E-state index >= 15 is 0 Å².